The first-order chi connectivity index (χ1) is 19.1. The minimum Gasteiger partial charge on any atom is -0.468 e. The van der Waals surface area contributed by atoms with Gasteiger partial charge in [0.25, 0.3) is 0 Å². The van der Waals surface area contributed by atoms with E-state index in [0.717, 1.165) is 0 Å². The maximum absolute atomic E-state index is 12.6. The second-order valence-corrected chi connectivity index (χ2v) is 10.0. The lowest BCUT2D eigenvalue weighted by Crippen LogP contribution is -2.66. The Kier molecular flexibility index (Phi) is 15.8. The zero-order valence-corrected chi connectivity index (χ0v) is 23.0. The molecule has 0 aromatic rings. The first-order valence-corrected chi connectivity index (χ1v) is 13.8. The number of carbonyl (C=O) groups excluding carboxylic acids is 1. The molecular formula is C25H48N4O11. The van der Waals surface area contributed by atoms with E-state index < -0.39 is 67.2 Å². The number of allylic oxidation sites excluding steroid dienone is 1. The maximum Gasteiger partial charge on any atom is 0.249 e. The molecule has 1 aliphatic carbocycles. The molecule has 1 amide bonds. The number of amides is 1. The summed E-state index contributed by atoms with van der Waals surface area (Å²) in [6.07, 6.45) is -5.56. The Morgan fingerprint density at radius 1 is 1.25 bits per heavy atom. The van der Waals surface area contributed by atoms with Crippen molar-refractivity contribution >= 4 is 5.91 Å². The Balaban J connectivity index is 2.15. The number of rotatable bonds is 18. The van der Waals surface area contributed by atoms with E-state index in [9.17, 15) is 30.3 Å². The normalized spacial score (nSPS) is 30.1. The first-order valence-electron chi connectivity index (χ1n) is 13.8. The van der Waals surface area contributed by atoms with E-state index in [4.69, 9.17) is 35.5 Å². The standard InChI is InChI=1S/C25H48N4O11/c1-2-18(33)25(37-9-8-30)40-23-17(29-24(36)19(34)6-7-26)10-16(27)22(21(23)35)39-20-5-3-4-15(38-20)12-28-11-14(32)13-31/h4,14,16-23,25,28,30-35H,2-3,5-13,26-27H2,1H3,(H,29,36)/t14?,16-,17+,18+,19+,20+,21-,22+,23-,25+/m0/s1. The number of nitrogens with two attached hydrogens (primary N) is 2. The molecule has 15 nitrogen and oxygen atoms in total. The Morgan fingerprint density at radius 3 is 2.65 bits per heavy atom. The van der Waals surface area contributed by atoms with Gasteiger partial charge in [0.1, 0.15) is 36.3 Å². The molecule has 12 N–H and O–H groups in total. The van der Waals surface area contributed by atoms with Crippen molar-refractivity contribution in [3.05, 3.63) is 11.8 Å². The summed E-state index contributed by atoms with van der Waals surface area (Å²) in [6, 6.07) is -1.64. The van der Waals surface area contributed by atoms with Crippen LogP contribution in [0.5, 0.6) is 0 Å². The molecule has 0 spiro atoms. The predicted octanol–water partition coefficient (Wildman–Crippen LogP) is -3.89. The Bertz CT molecular complexity index is 764. The van der Waals surface area contributed by atoms with E-state index >= 15 is 0 Å². The van der Waals surface area contributed by atoms with Gasteiger partial charge in [0.05, 0.1) is 38.5 Å². The van der Waals surface area contributed by atoms with Crippen molar-refractivity contribution in [3.63, 3.8) is 0 Å². The van der Waals surface area contributed by atoms with E-state index in [2.05, 4.69) is 10.6 Å². The first kappa shape index (κ1) is 34.7. The predicted molar refractivity (Wildman–Crippen MR) is 141 cm³/mol. The van der Waals surface area contributed by atoms with Gasteiger partial charge in [-0.25, -0.2) is 0 Å². The highest BCUT2D eigenvalue weighted by atomic mass is 16.7. The SMILES string of the molecule is CC[C@@H](O)[C@H](OCCO)O[C@@H]1[C@@H](O)[C@H](O[C@@H]2CCC=C(CNCC(O)CO)O2)[C@@H](N)C[C@H]1NC(=O)[C@H](O)CCN. The van der Waals surface area contributed by atoms with Gasteiger partial charge in [-0.3, -0.25) is 4.79 Å². The molecule has 1 unspecified atom stereocenters. The largest absolute Gasteiger partial charge is 0.468 e. The number of hydrogen-bond acceptors (Lipinski definition) is 14. The van der Waals surface area contributed by atoms with E-state index in [1.54, 1.807) is 6.92 Å². The van der Waals surface area contributed by atoms with Crippen molar-refractivity contribution in [2.24, 2.45) is 11.5 Å². The highest BCUT2D eigenvalue weighted by Crippen LogP contribution is 2.30. The lowest BCUT2D eigenvalue weighted by molar-refractivity contribution is -0.269. The zero-order valence-electron chi connectivity index (χ0n) is 23.0. The number of hydrogen-bond donors (Lipinski definition) is 10. The molecule has 2 rings (SSSR count). The molecule has 234 valence electrons. The van der Waals surface area contributed by atoms with E-state index in [0.29, 0.717) is 25.1 Å². The Labute approximate surface area is 234 Å². The number of nitrogens with one attached hydrogen (secondary N) is 2. The second kappa shape index (κ2) is 18.1. The molecule has 10 atom stereocenters. The molecule has 15 heteroatoms. The fourth-order valence-electron chi connectivity index (χ4n) is 4.53. The minimum atomic E-state index is -1.40. The zero-order chi connectivity index (χ0) is 29.7. The molecular weight excluding hydrogens is 532 g/mol. The van der Waals surface area contributed by atoms with E-state index in [1.165, 1.54) is 0 Å². The molecule has 0 radical (unpaired) electrons. The van der Waals surface area contributed by atoms with Gasteiger partial charge in [-0.2, -0.15) is 0 Å². The quantitative estimate of drug-likeness (QED) is 0.0696. The number of ether oxygens (including phenoxy) is 4. The highest BCUT2D eigenvalue weighted by Gasteiger charge is 2.48. The highest BCUT2D eigenvalue weighted by molar-refractivity contribution is 5.80. The fourth-order valence-corrected chi connectivity index (χ4v) is 4.53. The van der Waals surface area contributed by atoms with Crippen molar-refractivity contribution < 1.29 is 54.4 Å². The van der Waals surface area contributed by atoms with Gasteiger partial charge in [-0.15, -0.1) is 0 Å². The Morgan fingerprint density at radius 2 is 2.00 bits per heavy atom. The third kappa shape index (κ3) is 10.7. The Hall–Kier alpha value is -1.47. The van der Waals surface area contributed by atoms with Gasteiger partial charge in [0.15, 0.2) is 12.6 Å². The van der Waals surface area contributed by atoms with Crippen LogP contribution in [-0.2, 0) is 23.7 Å². The van der Waals surface area contributed by atoms with Gasteiger partial charge in [0.2, 0.25) is 5.91 Å². The van der Waals surface area contributed by atoms with Crippen LogP contribution in [0.1, 0.15) is 39.0 Å². The minimum absolute atomic E-state index is 0.0316. The van der Waals surface area contributed by atoms with E-state index in [1.807, 2.05) is 6.08 Å². The van der Waals surface area contributed by atoms with Crippen LogP contribution in [0, 0.1) is 0 Å². The molecule has 0 aromatic carbocycles. The molecule has 1 saturated carbocycles. The van der Waals surface area contributed by atoms with Crippen molar-refractivity contribution in [2.45, 2.75) is 100 Å². The summed E-state index contributed by atoms with van der Waals surface area (Å²) in [5.74, 6) is -0.147. The van der Waals surface area contributed by atoms with Crippen molar-refractivity contribution in [1.82, 2.24) is 10.6 Å². The van der Waals surface area contributed by atoms with Gasteiger partial charge in [-0.1, -0.05) is 6.92 Å². The van der Waals surface area contributed by atoms with Crippen LogP contribution in [0.4, 0.5) is 0 Å². The van der Waals surface area contributed by atoms with Gasteiger partial charge >= 0.3 is 0 Å². The molecule has 0 aromatic heterocycles. The molecule has 1 fully saturated rings. The lowest BCUT2D eigenvalue weighted by Gasteiger charge is -2.45. The van der Waals surface area contributed by atoms with Gasteiger partial charge in [-0.05, 0) is 38.3 Å². The summed E-state index contributed by atoms with van der Waals surface area (Å²) >= 11 is 0. The molecule has 0 bridgehead atoms. The average molecular weight is 581 g/mol. The summed E-state index contributed by atoms with van der Waals surface area (Å²) in [5, 5.41) is 65.2. The summed E-state index contributed by atoms with van der Waals surface area (Å²) < 4.78 is 23.4. The summed E-state index contributed by atoms with van der Waals surface area (Å²) in [4.78, 5) is 12.6. The summed E-state index contributed by atoms with van der Waals surface area (Å²) in [5.41, 5.74) is 11.8. The van der Waals surface area contributed by atoms with Crippen LogP contribution in [0.2, 0.25) is 0 Å². The van der Waals surface area contributed by atoms with Crippen LogP contribution in [0.3, 0.4) is 0 Å². The van der Waals surface area contributed by atoms with Crippen LogP contribution < -0.4 is 22.1 Å². The average Bonchev–Trinajstić information content (AvgIpc) is 2.94. The maximum atomic E-state index is 12.6. The molecule has 1 heterocycles. The number of aliphatic hydroxyl groups excluding tert-OH is 6. The second-order valence-electron chi connectivity index (χ2n) is 10.0. The van der Waals surface area contributed by atoms with Crippen molar-refractivity contribution in [1.29, 1.82) is 0 Å². The van der Waals surface area contributed by atoms with Crippen LogP contribution in [-0.4, -0.2) is 137 Å². The van der Waals surface area contributed by atoms with Crippen LogP contribution in [0.25, 0.3) is 0 Å². The monoisotopic (exact) mass is 580 g/mol. The third-order valence-corrected chi connectivity index (χ3v) is 6.74. The van der Waals surface area contributed by atoms with E-state index in [-0.39, 0.29) is 52.2 Å². The molecule has 40 heavy (non-hydrogen) atoms. The number of carbonyl (C=O) groups is 1. The van der Waals surface area contributed by atoms with Gasteiger partial charge < -0.3 is 71.7 Å². The molecule has 2 aliphatic rings. The topological polar surface area (TPSA) is 251 Å². The molecule has 0 saturated heterocycles. The van der Waals surface area contributed by atoms with Crippen LogP contribution >= 0.6 is 0 Å². The number of aliphatic hydroxyl groups is 6. The van der Waals surface area contributed by atoms with Crippen molar-refractivity contribution in [2.75, 3.05) is 39.5 Å². The summed E-state index contributed by atoms with van der Waals surface area (Å²) in [6.45, 7) is 1.43. The fraction of sp³-hybridized carbons (Fsp3) is 0.880. The summed E-state index contributed by atoms with van der Waals surface area (Å²) in [7, 11) is 0. The van der Waals surface area contributed by atoms with Crippen molar-refractivity contribution in [3.8, 4) is 0 Å². The van der Waals surface area contributed by atoms with Gasteiger partial charge in [0, 0.05) is 19.0 Å². The molecule has 1 aliphatic heterocycles. The lowest BCUT2D eigenvalue weighted by atomic mass is 9.83. The smallest absolute Gasteiger partial charge is 0.249 e. The van der Waals surface area contributed by atoms with Crippen LogP contribution in [0.15, 0.2) is 11.8 Å². The third-order valence-electron chi connectivity index (χ3n) is 6.74.